The van der Waals surface area contributed by atoms with Crippen LogP contribution in [0.25, 0.3) is 10.6 Å². The van der Waals surface area contributed by atoms with Gasteiger partial charge in [0.2, 0.25) is 0 Å². The van der Waals surface area contributed by atoms with E-state index in [1.807, 2.05) is 37.3 Å². The second-order valence-electron chi connectivity index (χ2n) is 3.11. The maximum atomic E-state index is 8.69. The van der Waals surface area contributed by atoms with Crippen LogP contribution in [0.5, 0.6) is 5.75 Å². The van der Waals surface area contributed by atoms with Crippen LogP contribution >= 0.6 is 11.3 Å². The second kappa shape index (κ2) is 4.77. The van der Waals surface area contributed by atoms with Crippen molar-refractivity contribution >= 4 is 11.3 Å². The van der Waals surface area contributed by atoms with Crippen LogP contribution in [0.15, 0.2) is 29.6 Å². The molecule has 16 heavy (non-hydrogen) atoms. The van der Waals surface area contributed by atoms with Gasteiger partial charge in [0.25, 0.3) is 0 Å². The highest BCUT2D eigenvalue weighted by atomic mass is 32.1. The van der Waals surface area contributed by atoms with Gasteiger partial charge in [-0.15, -0.1) is 11.3 Å². The predicted octanol–water partition coefficient (Wildman–Crippen LogP) is 3.08. The first-order valence-corrected chi connectivity index (χ1v) is 5.80. The van der Waals surface area contributed by atoms with E-state index in [4.69, 9.17) is 10.00 Å². The molecule has 0 saturated carbocycles. The van der Waals surface area contributed by atoms with Crippen LogP contribution in [0, 0.1) is 11.3 Å². The molecule has 4 heteroatoms. The van der Waals surface area contributed by atoms with Crippen LogP contribution in [0.4, 0.5) is 0 Å². The fraction of sp³-hybridized carbons (Fsp3) is 0.167. The van der Waals surface area contributed by atoms with E-state index in [-0.39, 0.29) is 0 Å². The zero-order valence-electron chi connectivity index (χ0n) is 8.80. The zero-order chi connectivity index (χ0) is 11.4. The number of nitriles is 1. The summed E-state index contributed by atoms with van der Waals surface area (Å²) in [5, 5.41) is 11.3. The smallest absolute Gasteiger partial charge is 0.152 e. The molecule has 2 rings (SSSR count). The molecule has 0 saturated heterocycles. The largest absolute Gasteiger partial charge is 0.494 e. The maximum absolute atomic E-state index is 8.69. The van der Waals surface area contributed by atoms with Gasteiger partial charge in [-0.25, -0.2) is 4.98 Å². The van der Waals surface area contributed by atoms with Crippen molar-refractivity contribution in [2.45, 2.75) is 6.92 Å². The predicted molar refractivity (Wildman–Crippen MR) is 63.4 cm³/mol. The minimum Gasteiger partial charge on any atom is -0.494 e. The molecule has 1 heterocycles. The lowest BCUT2D eigenvalue weighted by Gasteiger charge is -2.02. The Balaban J connectivity index is 2.24. The van der Waals surface area contributed by atoms with Crippen LogP contribution in [-0.4, -0.2) is 11.6 Å². The molecule has 0 unspecified atom stereocenters. The van der Waals surface area contributed by atoms with E-state index in [2.05, 4.69) is 4.98 Å². The molecule has 0 aliphatic rings. The SMILES string of the molecule is CCOc1ccc(-c2nc(C#N)cs2)cc1. The topological polar surface area (TPSA) is 45.9 Å². The van der Waals surface area contributed by atoms with Gasteiger partial charge in [-0.05, 0) is 31.2 Å². The monoisotopic (exact) mass is 230 g/mol. The Morgan fingerprint density at radius 3 is 2.69 bits per heavy atom. The maximum Gasteiger partial charge on any atom is 0.152 e. The van der Waals surface area contributed by atoms with Crippen LogP contribution in [0.3, 0.4) is 0 Å². The van der Waals surface area contributed by atoms with Gasteiger partial charge in [0.15, 0.2) is 5.69 Å². The summed E-state index contributed by atoms with van der Waals surface area (Å²) >= 11 is 1.47. The Bertz CT molecular complexity index is 511. The fourth-order valence-corrected chi connectivity index (χ4v) is 2.07. The van der Waals surface area contributed by atoms with E-state index in [9.17, 15) is 0 Å². The average molecular weight is 230 g/mol. The summed E-state index contributed by atoms with van der Waals surface area (Å²) in [5.41, 5.74) is 1.48. The molecule has 0 radical (unpaired) electrons. The fourth-order valence-electron chi connectivity index (χ4n) is 1.32. The molecule has 3 nitrogen and oxygen atoms in total. The van der Waals surface area contributed by atoms with Gasteiger partial charge >= 0.3 is 0 Å². The number of hydrogen-bond donors (Lipinski definition) is 0. The van der Waals surface area contributed by atoms with Crippen molar-refractivity contribution in [1.29, 1.82) is 5.26 Å². The van der Waals surface area contributed by atoms with Crippen molar-refractivity contribution in [2.75, 3.05) is 6.61 Å². The average Bonchev–Trinajstić information content (AvgIpc) is 2.79. The Morgan fingerprint density at radius 1 is 1.38 bits per heavy atom. The van der Waals surface area contributed by atoms with Crippen molar-refractivity contribution in [3.8, 4) is 22.4 Å². The van der Waals surface area contributed by atoms with Crippen LogP contribution in [0.2, 0.25) is 0 Å². The number of hydrogen-bond acceptors (Lipinski definition) is 4. The second-order valence-corrected chi connectivity index (χ2v) is 3.97. The third-order valence-corrected chi connectivity index (χ3v) is 2.92. The molecule has 1 aromatic heterocycles. The van der Waals surface area contributed by atoms with Gasteiger partial charge in [0.05, 0.1) is 6.61 Å². The summed E-state index contributed by atoms with van der Waals surface area (Å²) in [7, 11) is 0. The van der Waals surface area contributed by atoms with Gasteiger partial charge in [-0.1, -0.05) is 0 Å². The number of thiazole rings is 1. The minimum atomic E-state index is 0.467. The van der Waals surface area contributed by atoms with E-state index < -0.39 is 0 Å². The number of rotatable bonds is 3. The highest BCUT2D eigenvalue weighted by molar-refractivity contribution is 7.13. The van der Waals surface area contributed by atoms with Crippen LogP contribution < -0.4 is 4.74 Å². The summed E-state index contributed by atoms with van der Waals surface area (Å²) in [6, 6.07) is 9.74. The molecule has 0 atom stereocenters. The Morgan fingerprint density at radius 2 is 2.12 bits per heavy atom. The van der Waals surface area contributed by atoms with E-state index in [0.717, 1.165) is 16.3 Å². The molecule has 0 N–H and O–H groups in total. The lowest BCUT2D eigenvalue weighted by Crippen LogP contribution is -1.90. The van der Waals surface area contributed by atoms with Gasteiger partial charge < -0.3 is 4.74 Å². The van der Waals surface area contributed by atoms with Gasteiger partial charge in [-0.2, -0.15) is 5.26 Å². The molecule has 2 aromatic rings. The van der Waals surface area contributed by atoms with Crippen molar-refractivity contribution < 1.29 is 4.74 Å². The quantitative estimate of drug-likeness (QED) is 0.814. The van der Waals surface area contributed by atoms with Crippen molar-refractivity contribution in [3.63, 3.8) is 0 Å². The molecule has 1 aromatic carbocycles. The molecule has 0 aliphatic heterocycles. The molecule has 0 aliphatic carbocycles. The summed E-state index contributed by atoms with van der Waals surface area (Å²) in [4.78, 5) is 4.19. The first-order chi connectivity index (χ1) is 7.83. The Hall–Kier alpha value is -1.86. The van der Waals surface area contributed by atoms with Gasteiger partial charge in [0.1, 0.15) is 16.8 Å². The van der Waals surface area contributed by atoms with Crippen molar-refractivity contribution in [2.24, 2.45) is 0 Å². The molecular weight excluding hydrogens is 220 g/mol. The van der Waals surface area contributed by atoms with Gasteiger partial charge in [0, 0.05) is 10.9 Å². The normalized spacial score (nSPS) is 9.75. The first-order valence-electron chi connectivity index (χ1n) is 4.92. The molecule has 0 spiro atoms. The van der Waals surface area contributed by atoms with E-state index in [1.54, 1.807) is 5.38 Å². The lowest BCUT2D eigenvalue weighted by molar-refractivity contribution is 0.340. The van der Waals surface area contributed by atoms with E-state index in [1.165, 1.54) is 11.3 Å². The number of ether oxygens (including phenoxy) is 1. The highest BCUT2D eigenvalue weighted by Gasteiger charge is 2.04. The third-order valence-electron chi connectivity index (χ3n) is 2.03. The Kier molecular flexibility index (Phi) is 3.18. The van der Waals surface area contributed by atoms with E-state index >= 15 is 0 Å². The van der Waals surface area contributed by atoms with Crippen LogP contribution in [-0.2, 0) is 0 Å². The summed E-state index contributed by atoms with van der Waals surface area (Å²) < 4.78 is 5.35. The summed E-state index contributed by atoms with van der Waals surface area (Å²) in [5.74, 6) is 0.850. The minimum absolute atomic E-state index is 0.467. The van der Waals surface area contributed by atoms with Gasteiger partial charge in [-0.3, -0.25) is 0 Å². The highest BCUT2D eigenvalue weighted by Crippen LogP contribution is 2.25. The summed E-state index contributed by atoms with van der Waals surface area (Å²) in [6.07, 6.45) is 0. The molecule has 0 fully saturated rings. The number of benzene rings is 1. The number of nitrogens with zero attached hydrogens (tertiary/aromatic N) is 2. The third kappa shape index (κ3) is 2.20. The summed E-state index contributed by atoms with van der Waals surface area (Å²) in [6.45, 7) is 2.61. The first kappa shape index (κ1) is 10.7. The number of aromatic nitrogens is 1. The molecule has 0 amide bonds. The zero-order valence-corrected chi connectivity index (χ0v) is 9.62. The van der Waals surface area contributed by atoms with Crippen molar-refractivity contribution in [3.05, 3.63) is 35.3 Å². The lowest BCUT2D eigenvalue weighted by atomic mass is 10.2. The molecule has 0 bridgehead atoms. The van der Waals surface area contributed by atoms with Crippen LogP contribution in [0.1, 0.15) is 12.6 Å². The molecule has 80 valence electrons. The Labute approximate surface area is 97.9 Å². The standard InChI is InChI=1S/C12H10N2OS/c1-2-15-11-5-3-9(4-6-11)12-14-10(7-13)8-16-12/h3-6,8H,2H2,1H3. The van der Waals surface area contributed by atoms with E-state index in [0.29, 0.717) is 12.3 Å². The van der Waals surface area contributed by atoms with Crippen molar-refractivity contribution in [1.82, 2.24) is 4.98 Å². The molecular formula is C12H10N2OS.